The molecule has 1 aromatic carbocycles. The third-order valence-corrected chi connectivity index (χ3v) is 4.33. The summed E-state index contributed by atoms with van der Waals surface area (Å²) in [6.07, 6.45) is 1.26. The van der Waals surface area contributed by atoms with Crippen molar-refractivity contribution >= 4 is 15.9 Å². The predicted molar refractivity (Wildman–Crippen MR) is 80.8 cm³/mol. The van der Waals surface area contributed by atoms with Crippen molar-refractivity contribution in [3.63, 3.8) is 0 Å². The van der Waals surface area contributed by atoms with Crippen LogP contribution in [-0.2, 0) is 0 Å². The molecule has 0 saturated carbocycles. The molecule has 1 N–H and O–H groups in total. The van der Waals surface area contributed by atoms with Crippen LogP contribution in [0.25, 0.3) is 0 Å². The van der Waals surface area contributed by atoms with Gasteiger partial charge in [-0.25, -0.2) is 0 Å². The zero-order valence-corrected chi connectivity index (χ0v) is 13.1. The molecule has 1 aliphatic rings. The molecule has 3 heteroatoms. The van der Waals surface area contributed by atoms with Gasteiger partial charge in [-0.15, -0.1) is 0 Å². The molecule has 2 atom stereocenters. The lowest BCUT2D eigenvalue weighted by Crippen LogP contribution is -2.36. The molecule has 1 aromatic rings. The minimum absolute atomic E-state index is 0.426. The van der Waals surface area contributed by atoms with Gasteiger partial charge in [0.15, 0.2) is 0 Å². The number of benzene rings is 1. The number of nitrogens with zero attached hydrogens (tertiary/aromatic N) is 1. The van der Waals surface area contributed by atoms with Crippen LogP contribution in [0.5, 0.6) is 0 Å². The smallest absolute Gasteiger partial charge is 0.0294 e. The number of halogens is 1. The zero-order valence-electron chi connectivity index (χ0n) is 11.5. The molecule has 0 bridgehead atoms. The second kappa shape index (κ2) is 6.18. The lowest BCUT2D eigenvalue weighted by Gasteiger charge is -2.23. The van der Waals surface area contributed by atoms with Crippen LogP contribution in [0, 0.1) is 0 Å². The molecule has 0 aromatic heterocycles. The van der Waals surface area contributed by atoms with Crippen molar-refractivity contribution in [2.24, 2.45) is 0 Å². The summed E-state index contributed by atoms with van der Waals surface area (Å²) in [5.41, 5.74) is 1.36. The van der Waals surface area contributed by atoms with Crippen molar-refractivity contribution in [3.8, 4) is 0 Å². The molecule has 1 heterocycles. The molecule has 1 aliphatic heterocycles. The Bertz CT molecular complexity index is 375. The van der Waals surface area contributed by atoms with E-state index in [0.29, 0.717) is 18.1 Å². The maximum absolute atomic E-state index is 3.74. The van der Waals surface area contributed by atoms with Crippen molar-refractivity contribution in [1.29, 1.82) is 0 Å². The quantitative estimate of drug-likeness (QED) is 0.914. The first-order valence-corrected chi connectivity index (χ1v) is 7.61. The predicted octanol–water partition coefficient (Wildman–Crippen LogP) is 3.58. The van der Waals surface area contributed by atoms with Crippen molar-refractivity contribution in [1.82, 2.24) is 10.2 Å². The van der Waals surface area contributed by atoms with Gasteiger partial charge in [-0.2, -0.15) is 0 Å². The number of hydrogen-bond donors (Lipinski definition) is 1. The number of hydrogen-bond acceptors (Lipinski definition) is 2. The van der Waals surface area contributed by atoms with Crippen LogP contribution in [0.4, 0.5) is 0 Å². The molecular weight excluding hydrogens is 288 g/mol. The first-order valence-electron chi connectivity index (χ1n) is 6.82. The van der Waals surface area contributed by atoms with Crippen LogP contribution in [0.3, 0.4) is 0 Å². The van der Waals surface area contributed by atoms with Crippen LogP contribution in [0.15, 0.2) is 28.7 Å². The Labute approximate surface area is 119 Å². The van der Waals surface area contributed by atoms with Gasteiger partial charge < -0.3 is 5.32 Å². The number of likely N-dealkylation sites (tertiary alicyclic amines) is 1. The minimum atomic E-state index is 0.426. The Morgan fingerprint density at radius 2 is 1.89 bits per heavy atom. The van der Waals surface area contributed by atoms with Gasteiger partial charge in [0.25, 0.3) is 0 Å². The molecule has 100 valence electrons. The highest BCUT2D eigenvalue weighted by Gasteiger charge is 2.25. The fourth-order valence-electron chi connectivity index (χ4n) is 2.59. The summed E-state index contributed by atoms with van der Waals surface area (Å²) >= 11 is 3.48. The van der Waals surface area contributed by atoms with E-state index in [4.69, 9.17) is 0 Å². The highest BCUT2D eigenvalue weighted by Crippen LogP contribution is 2.20. The second-order valence-corrected chi connectivity index (χ2v) is 6.43. The lowest BCUT2D eigenvalue weighted by molar-refractivity contribution is 0.266. The SMILES string of the molecule is CC(C)N1CCC(N[C@H](C)c2ccc(Br)cc2)C1. The van der Waals surface area contributed by atoms with Crippen molar-refractivity contribution in [3.05, 3.63) is 34.3 Å². The topological polar surface area (TPSA) is 15.3 Å². The molecule has 0 amide bonds. The van der Waals surface area contributed by atoms with E-state index in [1.54, 1.807) is 0 Å². The van der Waals surface area contributed by atoms with E-state index in [1.165, 1.54) is 25.1 Å². The third kappa shape index (κ3) is 3.56. The summed E-state index contributed by atoms with van der Waals surface area (Å²) in [6, 6.07) is 10.3. The zero-order chi connectivity index (χ0) is 13.1. The first kappa shape index (κ1) is 14.0. The van der Waals surface area contributed by atoms with E-state index in [9.17, 15) is 0 Å². The largest absolute Gasteiger partial charge is 0.306 e. The summed E-state index contributed by atoms with van der Waals surface area (Å²) in [4.78, 5) is 2.55. The van der Waals surface area contributed by atoms with E-state index in [1.807, 2.05) is 0 Å². The van der Waals surface area contributed by atoms with E-state index in [-0.39, 0.29) is 0 Å². The lowest BCUT2D eigenvalue weighted by atomic mass is 10.1. The monoisotopic (exact) mass is 310 g/mol. The van der Waals surface area contributed by atoms with Crippen molar-refractivity contribution < 1.29 is 0 Å². The second-order valence-electron chi connectivity index (χ2n) is 5.51. The summed E-state index contributed by atoms with van der Waals surface area (Å²) in [6.45, 7) is 9.21. The molecule has 18 heavy (non-hydrogen) atoms. The summed E-state index contributed by atoms with van der Waals surface area (Å²) in [5, 5.41) is 3.74. The van der Waals surface area contributed by atoms with Crippen molar-refractivity contribution in [2.45, 2.75) is 45.3 Å². The highest BCUT2D eigenvalue weighted by atomic mass is 79.9. The normalized spacial score (nSPS) is 22.6. The van der Waals surface area contributed by atoms with E-state index < -0.39 is 0 Å². The van der Waals surface area contributed by atoms with Crippen LogP contribution >= 0.6 is 15.9 Å². The maximum atomic E-state index is 3.74. The minimum Gasteiger partial charge on any atom is -0.306 e. The molecular formula is C15H23BrN2. The van der Waals surface area contributed by atoms with Crippen LogP contribution < -0.4 is 5.32 Å². The standard InChI is InChI=1S/C15H23BrN2/c1-11(2)18-9-8-15(10-18)17-12(3)13-4-6-14(16)7-5-13/h4-7,11-12,15,17H,8-10H2,1-3H3/t12-,15?/m1/s1. The molecule has 2 nitrogen and oxygen atoms in total. The van der Waals surface area contributed by atoms with Gasteiger partial charge in [0.1, 0.15) is 0 Å². The molecule has 1 fully saturated rings. The van der Waals surface area contributed by atoms with Gasteiger partial charge >= 0.3 is 0 Å². The summed E-state index contributed by atoms with van der Waals surface area (Å²) in [5.74, 6) is 0. The van der Waals surface area contributed by atoms with E-state index in [2.05, 4.69) is 71.2 Å². The molecule has 0 radical (unpaired) electrons. The summed E-state index contributed by atoms with van der Waals surface area (Å²) < 4.78 is 1.14. The average Bonchev–Trinajstić information content (AvgIpc) is 2.78. The fraction of sp³-hybridized carbons (Fsp3) is 0.600. The average molecular weight is 311 g/mol. The number of rotatable bonds is 4. The summed E-state index contributed by atoms with van der Waals surface area (Å²) in [7, 11) is 0. The molecule has 0 aliphatic carbocycles. The van der Waals surface area contributed by atoms with Crippen LogP contribution in [0.2, 0.25) is 0 Å². The third-order valence-electron chi connectivity index (χ3n) is 3.81. The molecule has 1 saturated heterocycles. The number of nitrogens with one attached hydrogen (secondary N) is 1. The Morgan fingerprint density at radius 3 is 2.44 bits per heavy atom. The van der Waals surface area contributed by atoms with E-state index >= 15 is 0 Å². The van der Waals surface area contributed by atoms with Gasteiger partial charge in [-0.3, -0.25) is 4.90 Å². The Morgan fingerprint density at radius 1 is 1.22 bits per heavy atom. The molecule has 1 unspecified atom stereocenters. The fourth-order valence-corrected chi connectivity index (χ4v) is 2.86. The van der Waals surface area contributed by atoms with Gasteiger partial charge in [-0.05, 0) is 51.4 Å². The van der Waals surface area contributed by atoms with E-state index in [0.717, 1.165) is 4.47 Å². The van der Waals surface area contributed by atoms with Gasteiger partial charge in [-0.1, -0.05) is 28.1 Å². The maximum Gasteiger partial charge on any atom is 0.0294 e. The van der Waals surface area contributed by atoms with Gasteiger partial charge in [0.05, 0.1) is 0 Å². The molecule has 2 rings (SSSR count). The molecule has 0 spiro atoms. The Kier molecular flexibility index (Phi) is 4.82. The van der Waals surface area contributed by atoms with Gasteiger partial charge in [0.2, 0.25) is 0 Å². The Balaban J connectivity index is 1.88. The Hall–Kier alpha value is -0.380. The van der Waals surface area contributed by atoms with Crippen LogP contribution in [-0.4, -0.2) is 30.1 Å². The first-order chi connectivity index (χ1) is 8.56. The van der Waals surface area contributed by atoms with Crippen molar-refractivity contribution in [2.75, 3.05) is 13.1 Å². The highest BCUT2D eigenvalue weighted by molar-refractivity contribution is 9.10. The van der Waals surface area contributed by atoms with Crippen LogP contribution in [0.1, 0.15) is 38.8 Å². The van der Waals surface area contributed by atoms with Gasteiger partial charge in [0, 0.05) is 29.1 Å².